The minimum Gasteiger partial charge on any atom is -0.363 e. The molecule has 2 N–H and O–H groups in total. The molecule has 1 aromatic heterocycles. The van der Waals surface area contributed by atoms with Crippen LogP contribution in [0.3, 0.4) is 0 Å². The van der Waals surface area contributed by atoms with Crippen molar-refractivity contribution in [1.82, 2.24) is 15.5 Å². The van der Waals surface area contributed by atoms with Crippen LogP contribution < -0.4 is 15.5 Å². The summed E-state index contributed by atoms with van der Waals surface area (Å²) in [4.78, 5) is 9.62. The third-order valence-corrected chi connectivity index (χ3v) is 6.66. The van der Waals surface area contributed by atoms with Crippen molar-refractivity contribution < 1.29 is 0 Å². The van der Waals surface area contributed by atoms with Crippen LogP contribution in [0.15, 0.2) is 22.5 Å². The molecule has 0 amide bonds. The highest BCUT2D eigenvalue weighted by atomic mass is 32.1. The first kappa shape index (κ1) is 19.5. The van der Waals surface area contributed by atoms with Crippen LogP contribution in [0.5, 0.6) is 0 Å². The second-order valence-electron chi connectivity index (χ2n) is 7.86. The number of nitrogens with zero attached hydrogens (tertiary/aromatic N) is 3. The van der Waals surface area contributed by atoms with Crippen molar-refractivity contribution in [2.24, 2.45) is 10.9 Å². The molecule has 0 radical (unpaired) electrons. The van der Waals surface area contributed by atoms with E-state index in [4.69, 9.17) is 0 Å². The zero-order chi connectivity index (χ0) is 18.4. The van der Waals surface area contributed by atoms with Gasteiger partial charge in [0.1, 0.15) is 0 Å². The van der Waals surface area contributed by atoms with Gasteiger partial charge in [0, 0.05) is 38.8 Å². The number of piperidine rings is 1. The van der Waals surface area contributed by atoms with E-state index in [1.165, 1.54) is 43.8 Å². The predicted octanol–water partition coefficient (Wildman–Crippen LogP) is 3.00. The van der Waals surface area contributed by atoms with Crippen LogP contribution in [-0.4, -0.2) is 62.7 Å². The number of hydrogen-bond acceptors (Lipinski definition) is 4. The van der Waals surface area contributed by atoms with Crippen LogP contribution in [0.4, 0.5) is 5.00 Å². The molecule has 2 aliphatic heterocycles. The first-order chi connectivity index (χ1) is 12.7. The number of thiophene rings is 1. The number of rotatable bonds is 6. The summed E-state index contributed by atoms with van der Waals surface area (Å²) in [5, 5.41) is 10.8. The minimum atomic E-state index is 0.515. The Balaban J connectivity index is 1.44. The Bertz CT molecular complexity index is 543. The molecular weight excluding hydrogens is 342 g/mol. The van der Waals surface area contributed by atoms with Crippen LogP contribution in [0, 0.1) is 5.92 Å². The fourth-order valence-corrected chi connectivity index (χ4v) is 4.93. The summed E-state index contributed by atoms with van der Waals surface area (Å²) in [5.74, 6) is 1.62. The van der Waals surface area contributed by atoms with Gasteiger partial charge in [-0.2, -0.15) is 0 Å². The van der Waals surface area contributed by atoms with Crippen LogP contribution in [-0.2, 0) is 0 Å². The van der Waals surface area contributed by atoms with E-state index in [0.717, 1.165) is 25.6 Å². The fourth-order valence-electron chi connectivity index (χ4n) is 4.14. The minimum absolute atomic E-state index is 0.515. The number of nitrogens with one attached hydrogen (secondary N) is 2. The summed E-state index contributed by atoms with van der Waals surface area (Å²) >= 11 is 1.84. The Morgan fingerprint density at radius 2 is 1.96 bits per heavy atom. The van der Waals surface area contributed by atoms with Gasteiger partial charge < -0.3 is 15.5 Å². The first-order valence-corrected chi connectivity index (χ1v) is 11.0. The average molecular weight is 378 g/mol. The lowest BCUT2D eigenvalue weighted by atomic mass is 10.0. The Morgan fingerprint density at radius 1 is 1.23 bits per heavy atom. The van der Waals surface area contributed by atoms with Gasteiger partial charge in [0.25, 0.3) is 0 Å². The van der Waals surface area contributed by atoms with E-state index < -0.39 is 0 Å². The van der Waals surface area contributed by atoms with Gasteiger partial charge >= 0.3 is 0 Å². The Hall–Kier alpha value is -1.27. The molecule has 2 saturated heterocycles. The molecule has 3 rings (SSSR count). The number of anilines is 1. The lowest BCUT2D eigenvalue weighted by molar-refractivity contribution is 0.192. The van der Waals surface area contributed by atoms with Gasteiger partial charge in [0.15, 0.2) is 5.96 Å². The largest absolute Gasteiger partial charge is 0.363 e. The van der Waals surface area contributed by atoms with Gasteiger partial charge in [0.05, 0.1) is 5.00 Å². The van der Waals surface area contributed by atoms with Gasteiger partial charge in [-0.1, -0.05) is 13.8 Å². The molecule has 1 unspecified atom stereocenters. The summed E-state index contributed by atoms with van der Waals surface area (Å²) in [5.41, 5.74) is 0. The summed E-state index contributed by atoms with van der Waals surface area (Å²) in [6.07, 6.45) is 5.02. The van der Waals surface area contributed by atoms with Crippen LogP contribution >= 0.6 is 11.3 Å². The zero-order valence-electron chi connectivity index (χ0n) is 16.6. The first-order valence-electron chi connectivity index (χ1n) is 10.2. The lowest BCUT2D eigenvalue weighted by Crippen LogP contribution is -2.52. The molecule has 0 aromatic carbocycles. The molecule has 2 aliphatic rings. The van der Waals surface area contributed by atoms with E-state index in [0.29, 0.717) is 18.0 Å². The number of aliphatic imine (C=N–C) groups is 1. The Kier molecular flexibility index (Phi) is 7.20. The van der Waals surface area contributed by atoms with Crippen molar-refractivity contribution in [1.29, 1.82) is 0 Å². The number of hydrogen-bond donors (Lipinski definition) is 2. The predicted molar refractivity (Wildman–Crippen MR) is 113 cm³/mol. The van der Waals surface area contributed by atoms with Crippen molar-refractivity contribution in [3.8, 4) is 0 Å². The van der Waals surface area contributed by atoms with Gasteiger partial charge in [-0.25, -0.2) is 0 Å². The molecule has 5 nitrogen and oxygen atoms in total. The summed E-state index contributed by atoms with van der Waals surface area (Å²) in [6.45, 7) is 10.4. The Labute approximate surface area is 162 Å². The van der Waals surface area contributed by atoms with Crippen molar-refractivity contribution in [2.45, 2.75) is 51.6 Å². The molecule has 1 aromatic rings. The van der Waals surface area contributed by atoms with Gasteiger partial charge in [0.2, 0.25) is 0 Å². The van der Waals surface area contributed by atoms with Crippen molar-refractivity contribution in [3.05, 3.63) is 17.5 Å². The molecule has 146 valence electrons. The summed E-state index contributed by atoms with van der Waals surface area (Å²) in [7, 11) is 1.89. The van der Waals surface area contributed by atoms with Gasteiger partial charge in [-0.15, -0.1) is 11.3 Å². The van der Waals surface area contributed by atoms with Gasteiger partial charge in [-0.3, -0.25) is 9.89 Å². The van der Waals surface area contributed by atoms with E-state index in [2.05, 4.69) is 56.8 Å². The van der Waals surface area contributed by atoms with Crippen molar-refractivity contribution in [3.63, 3.8) is 0 Å². The second kappa shape index (κ2) is 9.60. The topological polar surface area (TPSA) is 42.9 Å². The SMILES string of the molecule is CN=C(NCC(C(C)C)N1CCCC1)NC1CCN(c2cccs2)CC1. The summed E-state index contributed by atoms with van der Waals surface area (Å²) in [6, 6.07) is 5.48. The molecule has 3 heterocycles. The highest BCUT2D eigenvalue weighted by Gasteiger charge is 2.25. The highest BCUT2D eigenvalue weighted by molar-refractivity contribution is 7.14. The third-order valence-electron chi connectivity index (χ3n) is 5.74. The molecule has 0 saturated carbocycles. The molecule has 26 heavy (non-hydrogen) atoms. The van der Waals surface area contributed by atoms with Crippen LogP contribution in [0.25, 0.3) is 0 Å². The maximum absolute atomic E-state index is 4.47. The van der Waals surface area contributed by atoms with Crippen molar-refractivity contribution >= 4 is 22.3 Å². The molecular formula is C20H35N5S. The van der Waals surface area contributed by atoms with E-state index in [1.54, 1.807) is 0 Å². The van der Waals surface area contributed by atoms with Crippen molar-refractivity contribution in [2.75, 3.05) is 44.7 Å². The van der Waals surface area contributed by atoms with Crippen LogP contribution in [0.1, 0.15) is 39.5 Å². The van der Waals surface area contributed by atoms with E-state index in [-0.39, 0.29) is 0 Å². The molecule has 2 fully saturated rings. The molecule has 6 heteroatoms. The Morgan fingerprint density at radius 3 is 2.54 bits per heavy atom. The molecule has 0 aliphatic carbocycles. The molecule has 1 atom stereocenters. The zero-order valence-corrected chi connectivity index (χ0v) is 17.4. The second-order valence-corrected chi connectivity index (χ2v) is 8.79. The maximum Gasteiger partial charge on any atom is 0.191 e. The highest BCUT2D eigenvalue weighted by Crippen LogP contribution is 2.24. The quantitative estimate of drug-likeness (QED) is 0.591. The van der Waals surface area contributed by atoms with Gasteiger partial charge in [-0.05, 0) is 62.2 Å². The molecule has 0 spiro atoms. The fraction of sp³-hybridized carbons (Fsp3) is 0.750. The third kappa shape index (κ3) is 5.13. The maximum atomic E-state index is 4.47. The smallest absolute Gasteiger partial charge is 0.191 e. The van der Waals surface area contributed by atoms with Crippen LogP contribution in [0.2, 0.25) is 0 Å². The van der Waals surface area contributed by atoms with E-state index in [9.17, 15) is 0 Å². The number of guanidine groups is 1. The summed E-state index contributed by atoms with van der Waals surface area (Å²) < 4.78 is 0. The molecule has 0 bridgehead atoms. The number of likely N-dealkylation sites (tertiary alicyclic amines) is 1. The van der Waals surface area contributed by atoms with E-state index >= 15 is 0 Å². The average Bonchev–Trinajstić information content (AvgIpc) is 3.35. The monoisotopic (exact) mass is 377 g/mol. The standard InChI is InChI=1S/C20H35N5S/c1-16(2)18(24-10-4-5-11-24)15-22-20(21-3)23-17-8-12-25(13-9-17)19-7-6-14-26-19/h6-7,14,16-18H,4-5,8-13,15H2,1-3H3,(H2,21,22,23). The normalized spacial score (nSPS) is 21.4. The van der Waals surface area contributed by atoms with E-state index in [1.807, 2.05) is 18.4 Å². The lowest BCUT2D eigenvalue weighted by Gasteiger charge is -2.35.